The van der Waals surface area contributed by atoms with Gasteiger partial charge in [-0.2, -0.15) is 0 Å². The van der Waals surface area contributed by atoms with Gasteiger partial charge in [0.2, 0.25) is 5.91 Å². The van der Waals surface area contributed by atoms with Crippen molar-refractivity contribution in [1.82, 2.24) is 10.2 Å². The lowest BCUT2D eigenvalue weighted by molar-refractivity contribution is -0.139. The molecule has 2 fully saturated rings. The van der Waals surface area contributed by atoms with Gasteiger partial charge in [-0.25, -0.2) is 0 Å². The zero-order valence-electron chi connectivity index (χ0n) is 12.1. The number of piperidine rings is 1. The second kappa shape index (κ2) is 5.89. The van der Waals surface area contributed by atoms with Crippen LogP contribution >= 0.6 is 0 Å². The van der Waals surface area contributed by atoms with E-state index in [1.165, 1.54) is 0 Å². The normalized spacial score (nSPS) is 25.4. The molecule has 3 rings (SSSR count). The van der Waals surface area contributed by atoms with Crippen LogP contribution in [0.4, 0.5) is 0 Å². The van der Waals surface area contributed by atoms with Gasteiger partial charge in [-0.1, -0.05) is 6.92 Å². The largest absolute Gasteiger partial charge is 0.469 e. The number of carbonyl (C=O) groups is 2. The number of rotatable bonds is 3. The second-order valence-electron chi connectivity index (χ2n) is 5.57. The predicted octanol–water partition coefficient (Wildman–Crippen LogP) is 0.962. The molecule has 0 spiro atoms. The Kier molecular flexibility index (Phi) is 3.96. The number of furan rings is 1. The summed E-state index contributed by atoms with van der Waals surface area (Å²) in [6.45, 7) is 3.31. The van der Waals surface area contributed by atoms with Crippen molar-refractivity contribution in [3.05, 3.63) is 23.7 Å². The van der Waals surface area contributed by atoms with Gasteiger partial charge in [0.05, 0.1) is 24.0 Å². The molecule has 0 radical (unpaired) electrons. The Balaban J connectivity index is 1.70. The topological polar surface area (TPSA) is 71.8 Å². The van der Waals surface area contributed by atoms with E-state index < -0.39 is 0 Å². The second-order valence-corrected chi connectivity index (χ2v) is 5.57. The number of ether oxygens (including phenoxy) is 1. The summed E-state index contributed by atoms with van der Waals surface area (Å²) in [5, 5.41) is 2.91. The van der Waals surface area contributed by atoms with Crippen molar-refractivity contribution in [3.63, 3.8) is 0 Å². The fourth-order valence-corrected chi connectivity index (χ4v) is 3.01. The zero-order chi connectivity index (χ0) is 14.8. The van der Waals surface area contributed by atoms with Crippen LogP contribution in [0, 0.1) is 0 Å². The predicted molar refractivity (Wildman–Crippen MR) is 74.9 cm³/mol. The van der Waals surface area contributed by atoms with Crippen molar-refractivity contribution in [2.45, 2.75) is 38.3 Å². The number of morpholine rings is 1. The number of hydrogen-bond donors (Lipinski definition) is 1. The molecular weight excluding hydrogens is 272 g/mol. The van der Waals surface area contributed by atoms with Crippen molar-refractivity contribution in [2.24, 2.45) is 0 Å². The molecule has 2 aliphatic heterocycles. The Hall–Kier alpha value is -1.82. The molecule has 0 aromatic carbocycles. The highest BCUT2D eigenvalue weighted by Gasteiger charge is 2.37. The van der Waals surface area contributed by atoms with Gasteiger partial charge < -0.3 is 19.4 Å². The molecule has 6 nitrogen and oxygen atoms in total. The molecule has 21 heavy (non-hydrogen) atoms. The Morgan fingerprint density at radius 3 is 3.19 bits per heavy atom. The molecule has 2 saturated heterocycles. The minimum atomic E-state index is -0.111. The lowest BCUT2D eigenvalue weighted by Gasteiger charge is -2.41. The molecule has 1 aromatic rings. The third-order valence-electron chi connectivity index (χ3n) is 4.06. The molecule has 0 aliphatic carbocycles. The molecule has 2 aliphatic rings. The molecule has 6 heteroatoms. The number of fused-ring (bicyclic) bond motifs is 1. The highest BCUT2D eigenvalue weighted by atomic mass is 16.5. The van der Waals surface area contributed by atoms with Crippen LogP contribution in [0.15, 0.2) is 16.7 Å². The van der Waals surface area contributed by atoms with Gasteiger partial charge >= 0.3 is 0 Å². The molecule has 3 heterocycles. The molecule has 1 aromatic heterocycles. The fourth-order valence-electron chi connectivity index (χ4n) is 3.01. The van der Waals surface area contributed by atoms with Crippen molar-refractivity contribution in [1.29, 1.82) is 0 Å². The van der Waals surface area contributed by atoms with E-state index >= 15 is 0 Å². The van der Waals surface area contributed by atoms with Gasteiger partial charge in [0.15, 0.2) is 0 Å². The smallest absolute Gasteiger partial charge is 0.257 e. The number of carbonyl (C=O) groups excluding carboxylic acids is 2. The molecule has 0 saturated carbocycles. The summed E-state index contributed by atoms with van der Waals surface area (Å²) < 4.78 is 10.9. The Labute approximate surface area is 123 Å². The maximum absolute atomic E-state index is 12.6. The summed E-state index contributed by atoms with van der Waals surface area (Å²) in [7, 11) is 0. The molecule has 0 unspecified atom stereocenters. The van der Waals surface area contributed by atoms with Gasteiger partial charge in [0, 0.05) is 19.5 Å². The first-order chi connectivity index (χ1) is 10.2. The fraction of sp³-hybridized carbons (Fsp3) is 0.600. The Morgan fingerprint density at radius 1 is 1.52 bits per heavy atom. The van der Waals surface area contributed by atoms with E-state index in [0.717, 1.165) is 25.0 Å². The molecular formula is C15H20N2O4. The van der Waals surface area contributed by atoms with Gasteiger partial charge in [0.1, 0.15) is 12.4 Å². The maximum Gasteiger partial charge on any atom is 0.257 e. The highest BCUT2D eigenvalue weighted by molar-refractivity contribution is 5.95. The van der Waals surface area contributed by atoms with Gasteiger partial charge in [-0.15, -0.1) is 0 Å². The van der Waals surface area contributed by atoms with E-state index in [1.54, 1.807) is 17.2 Å². The van der Waals surface area contributed by atoms with Crippen LogP contribution in [0.5, 0.6) is 0 Å². The third kappa shape index (κ3) is 2.81. The summed E-state index contributed by atoms with van der Waals surface area (Å²) >= 11 is 0. The number of aryl methyl sites for hydroxylation is 1. The van der Waals surface area contributed by atoms with Gasteiger partial charge in [0.25, 0.3) is 5.91 Å². The van der Waals surface area contributed by atoms with Gasteiger partial charge in [-0.05, 0) is 18.9 Å². The van der Waals surface area contributed by atoms with Crippen molar-refractivity contribution in [2.75, 3.05) is 19.7 Å². The standard InChI is InChI=1S/C15H20N2O4/c1-2-3-12-10(5-7-20-12)15(19)17-6-4-13-11(8-17)16-14(18)9-21-13/h5,7,11,13H,2-4,6,8-9H2,1H3,(H,16,18)/t11-,13+/m1/s1. The first-order valence-corrected chi connectivity index (χ1v) is 7.45. The lowest BCUT2D eigenvalue weighted by atomic mass is 9.99. The highest BCUT2D eigenvalue weighted by Crippen LogP contribution is 2.21. The van der Waals surface area contributed by atoms with E-state index in [1.807, 2.05) is 0 Å². The lowest BCUT2D eigenvalue weighted by Crippen LogP contribution is -2.61. The Morgan fingerprint density at radius 2 is 2.38 bits per heavy atom. The van der Waals surface area contributed by atoms with E-state index in [9.17, 15) is 9.59 Å². The van der Waals surface area contributed by atoms with Gasteiger partial charge in [-0.3, -0.25) is 9.59 Å². The minimum Gasteiger partial charge on any atom is -0.469 e. The van der Waals surface area contributed by atoms with Crippen molar-refractivity contribution >= 4 is 11.8 Å². The van der Waals surface area contributed by atoms with Crippen LogP contribution in [0.3, 0.4) is 0 Å². The number of amides is 2. The van der Waals surface area contributed by atoms with E-state index in [0.29, 0.717) is 18.7 Å². The SMILES string of the molecule is CCCc1occc1C(=O)N1CC[C@@H]2OCC(=O)N[C@@H]2C1. The summed E-state index contributed by atoms with van der Waals surface area (Å²) in [5.74, 6) is 0.611. The van der Waals surface area contributed by atoms with Crippen LogP contribution < -0.4 is 5.32 Å². The van der Waals surface area contributed by atoms with Crippen molar-refractivity contribution < 1.29 is 18.7 Å². The van der Waals surface area contributed by atoms with Crippen LogP contribution in [0.1, 0.15) is 35.9 Å². The first kappa shape index (κ1) is 14.1. The minimum absolute atomic E-state index is 0.0196. The maximum atomic E-state index is 12.6. The van der Waals surface area contributed by atoms with Crippen LogP contribution in [0.2, 0.25) is 0 Å². The van der Waals surface area contributed by atoms with Crippen LogP contribution in [-0.4, -0.2) is 48.6 Å². The molecule has 0 bridgehead atoms. The monoisotopic (exact) mass is 292 g/mol. The van der Waals surface area contributed by atoms with E-state index in [2.05, 4.69) is 12.2 Å². The summed E-state index contributed by atoms with van der Waals surface area (Å²) in [6, 6.07) is 1.63. The third-order valence-corrected chi connectivity index (χ3v) is 4.06. The van der Waals surface area contributed by atoms with E-state index in [-0.39, 0.29) is 30.6 Å². The molecule has 2 atom stereocenters. The molecule has 1 N–H and O–H groups in total. The average molecular weight is 292 g/mol. The van der Waals surface area contributed by atoms with Crippen molar-refractivity contribution in [3.8, 4) is 0 Å². The first-order valence-electron chi connectivity index (χ1n) is 7.45. The molecule has 114 valence electrons. The quantitative estimate of drug-likeness (QED) is 0.901. The molecule has 2 amide bonds. The van der Waals surface area contributed by atoms with Crippen LogP contribution in [-0.2, 0) is 16.0 Å². The number of hydrogen-bond acceptors (Lipinski definition) is 4. The summed E-state index contributed by atoms with van der Waals surface area (Å²) in [4.78, 5) is 25.8. The average Bonchev–Trinajstić information content (AvgIpc) is 2.94. The number of nitrogens with one attached hydrogen (secondary N) is 1. The van der Waals surface area contributed by atoms with Crippen LogP contribution in [0.25, 0.3) is 0 Å². The Bertz CT molecular complexity index is 540. The van der Waals surface area contributed by atoms with E-state index in [4.69, 9.17) is 9.15 Å². The number of likely N-dealkylation sites (tertiary alicyclic amines) is 1. The zero-order valence-corrected chi connectivity index (χ0v) is 12.1. The summed E-state index contributed by atoms with van der Waals surface area (Å²) in [6.07, 6.45) is 4.02. The number of nitrogens with zero attached hydrogens (tertiary/aromatic N) is 1. The summed E-state index contributed by atoms with van der Waals surface area (Å²) in [5.41, 5.74) is 0.637.